The smallest absolute Gasteiger partial charge is 0.0666 e. The fourth-order valence-electron chi connectivity index (χ4n) is 2.79. The van der Waals surface area contributed by atoms with Crippen LogP contribution in [0.4, 0.5) is 0 Å². The van der Waals surface area contributed by atoms with E-state index < -0.39 is 0 Å². The number of nitrogens with zero attached hydrogens (tertiary/aromatic N) is 1. The van der Waals surface area contributed by atoms with E-state index in [0.29, 0.717) is 6.04 Å². The van der Waals surface area contributed by atoms with Crippen LogP contribution < -0.4 is 5.32 Å². The van der Waals surface area contributed by atoms with Crippen LogP contribution in [0.5, 0.6) is 0 Å². The zero-order valence-electron chi connectivity index (χ0n) is 11.5. The van der Waals surface area contributed by atoms with Gasteiger partial charge in [-0.15, -0.1) is 0 Å². The Hall–Kier alpha value is -1.33. The molecule has 2 atom stereocenters. The monoisotopic (exact) mass is 242 g/mol. The van der Waals surface area contributed by atoms with Crippen molar-refractivity contribution in [1.82, 2.24) is 5.32 Å². The van der Waals surface area contributed by atoms with Crippen molar-refractivity contribution in [2.24, 2.45) is 5.92 Å². The van der Waals surface area contributed by atoms with Gasteiger partial charge in [-0.3, -0.25) is 0 Å². The lowest BCUT2D eigenvalue weighted by Gasteiger charge is -2.37. The summed E-state index contributed by atoms with van der Waals surface area (Å²) in [6.07, 6.45) is 2.35. The molecule has 1 N–H and O–H groups in total. The van der Waals surface area contributed by atoms with Crippen LogP contribution in [0.25, 0.3) is 0 Å². The Balaban J connectivity index is 2.18. The van der Waals surface area contributed by atoms with Crippen LogP contribution in [0.15, 0.2) is 24.3 Å². The summed E-state index contributed by atoms with van der Waals surface area (Å²) in [5.74, 6) is 0.0760. The van der Waals surface area contributed by atoms with Crippen LogP contribution in [-0.2, 0) is 5.41 Å². The number of hydrogen-bond donors (Lipinski definition) is 1. The van der Waals surface area contributed by atoms with Crippen molar-refractivity contribution in [3.8, 4) is 6.07 Å². The van der Waals surface area contributed by atoms with E-state index in [1.807, 2.05) is 6.92 Å². The molecule has 1 aromatic rings. The summed E-state index contributed by atoms with van der Waals surface area (Å²) in [6.45, 7) is 7.38. The molecule has 0 amide bonds. The highest BCUT2D eigenvalue weighted by Crippen LogP contribution is 2.41. The van der Waals surface area contributed by atoms with Crippen molar-refractivity contribution >= 4 is 0 Å². The average molecular weight is 242 g/mol. The van der Waals surface area contributed by atoms with Crippen molar-refractivity contribution in [1.29, 1.82) is 5.26 Å². The lowest BCUT2D eigenvalue weighted by Crippen LogP contribution is -2.34. The molecule has 2 unspecified atom stereocenters. The summed E-state index contributed by atoms with van der Waals surface area (Å²) in [4.78, 5) is 0. The van der Waals surface area contributed by atoms with Crippen molar-refractivity contribution in [2.75, 3.05) is 6.54 Å². The molecule has 2 heteroatoms. The molecule has 0 radical (unpaired) electrons. The molecular formula is C16H22N2. The van der Waals surface area contributed by atoms with E-state index in [-0.39, 0.29) is 11.3 Å². The van der Waals surface area contributed by atoms with Crippen molar-refractivity contribution in [3.63, 3.8) is 0 Å². The fourth-order valence-corrected chi connectivity index (χ4v) is 2.79. The molecular weight excluding hydrogens is 220 g/mol. The van der Waals surface area contributed by atoms with E-state index in [1.165, 1.54) is 17.5 Å². The van der Waals surface area contributed by atoms with Crippen LogP contribution in [0, 0.1) is 17.2 Å². The van der Waals surface area contributed by atoms with Gasteiger partial charge in [0.1, 0.15) is 0 Å². The first kappa shape index (κ1) is 13.1. The van der Waals surface area contributed by atoms with Gasteiger partial charge < -0.3 is 5.32 Å². The Morgan fingerprint density at radius 2 is 2.17 bits per heavy atom. The van der Waals surface area contributed by atoms with Gasteiger partial charge in [-0.25, -0.2) is 0 Å². The minimum Gasteiger partial charge on any atom is -0.309 e. The van der Waals surface area contributed by atoms with E-state index in [1.54, 1.807) is 0 Å². The van der Waals surface area contributed by atoms with E-state index >= 15 is 0 Å². The number of hydrogen-bond acceptors (Lipinski definition) is 2. The quantitative estimate of drug-likeness (QED) is 0.880. The van der Waals surface area contributed by atoms with Gasteiger partial charge in [-0.2, -0.15) is 5.26 Å². The third kappa shape index (κ3) is 2.57. The molecule has 0 fully saturated rings. The first-order valence-electron chi connectivity index (χ1n) is 6.77. The van der Waals surface area contributed by atoms with Crippen LogP contribution in [-0.4, -0.2) is 6.54 Å². The SMILES string of the molecule is CC(C#N)CNC1CCC(C)(C)c2ccccc21. The molecule has 18 heavy (non-hydrogen) atoms. The van der Waals surface area contributed by atoms with Gasteiger partial charge in [-0.05, 0) is 36.3 Å². The third-order valence-electron chi connectivity index (χ3n) is 4.01. The second-order valence-electron chi connectivity index (χ2n) is 6.00. The number of fused-ring (bicyclic) bond motifs is 1. The minimum absolute atomic E-state index is 0.0760. The lowest BCUT2D eigenvalue weighted by atomic mass is 9.71. The normalized spacial score (nSPS) is 22.9. The number of nitrogens with one attached hydrogen (secondary N) is 1. The number of benzene rings is 1. The molecule has 1 aliphatic rings. The van der Waals surface area contributed by atoms with Crippen LogP contribution in [0.2, 0.25) is 0 Å². The minimum atomic E-state index is 0.0760. The second-order valence-corrected chi connectivity index (χ2v) is 6.00. The molecule has 1 aliphatic carbocycles. The molecule has 1 aromatic carbocycles. The van der Waals surface area contributed by atoms with Gasteiger partial charge in [0.25, 0.3) is 0 Å². The molecule has 2 rings (SSSR count). The summed E-state index contributed by atoms with van der Waals surface area (Å²) in [6, 6.07) is 11.4. The van der Waals surface area contributed by atoms with Crippen LogP contribution in [0.1, 0.15) is 50.8 Å². The Bertz CT molecular complexity index is 456. The predicted molar refractivity (Wildman–Crippen MR) is 74.2 cm³/mol. The first-order chi connectivity index (χ1) is 8.54. The Kier molecular flexibility index (Phi) is 3.73. The number of rotatable bonds is 3. The Morgan fingerprint density at radius 1 is 1.44 bits per heavy atom. The molecule has 0 heterocycles. The summed E-state index contributed by atoms with van der Waals surface area (Å²) >= 11 is 0. The maximum atomic E-state index is 8.85. The molecule has 0 aliphatic heterocycles. The first-order valence-corrected chi connectivity index (χ1v) is 6.77. The Morgan fingerprint density at radius 3 is 2.89 bits per heavy atom. The molecule has 96 valence electrons. The predicted octanol–water partition coefficient (Wildman–Crippen LogP) is 3.55. The van der Waals surface area contributed by atoms with Crippen molar-refractivity contribution < 1.29 is 0 Å². The summed E-state index contributed by atoms with van der Waals surface area (Å²) < 4.78 is 0. The van der Waals surface area contributed by atoms with Gasteiger partial charge in [0.2, 0.25) is 0 Å². The van der Waals surface area contributed by atoms with E-state index in [2.05, 4.69) is 49.5 Å². The van der Waals surface area contributed by atoms with E-state index in [0.717, 1.165) is 13.0 Å². The zero-order valence-corrected chi connectivity index (χ0v) is 11.5. The fraction of sp³-hybridized carbons (Fsp3) is 0.562. The van der Waals surface area contributed by atoms with E-state index in [4.69, 9.17) is 5.26 Å². The molecule has 2 nitrogen and oxygen atoms in total. The molecule has 0 saturated heterocycles. The molecule has 0 spiro atoms. The highest BCUT2D eigenvalue weighted by Gasteiger charge is 2.31. The second kappa shape index (κ2) is 5.12. The maximum Gasteiger partial charge on any atom is 0.0666 e. The topological polar surface area (TPSA) is 35.8 Å². The third-order valence-corrected chi connectivity index (χ3v) is 4.01. The molecule has 0 bridgehead atoms. The maximum absolute atomic E-state index is 8.85. The molecule has 0 aromatic heterocycles. The van der Waals surface area contributed by atoms with Crippen molar-refractivity contribution in [2.45, 2.75) is 45.1 Å². The van der Waals surface area contributed by atoms with Gasteiger partial charge in [-0.1, -0.05) is 38.1 Å². The molecule has 0 saturated carbocycles. The zero-order chi connectivity index (χ0) is 13.2. The average Bonchev–Trinajstić information content (AvgIpc) is 2.38. The lowest BCUT2D eigenvalue weighted by molar-refractivity contribution is 0.353. The van der Waals surface area contributed by atoms with Gasteiger partial charge in [0.05, 0.1) is 12.0 Å². The van der Waals surface area contributed by atoms with Gasteiger partial charge in [0.15, 0.2) is 0 Å². The van der Waals surface area contributed by atoms with Crippen LogP contribution in [0.3, 0.4) is 0 Å². The van der Waals surface area contributed by atoms with Crippen molar-refractivity contribution in [3.05, 3.63) is 35.4 Å². The largest absolute Gasteiger partial charge is 0.309 e. The Labute approximate surface area is 110 Å². The van der Waals surface area contributed by atoms with Crippen LogP contribution >= 0.6 is 0 Å². The summed E-state index contributed by atoms with van der Waals surface area (Å²) in [5, 5.41) is 12.4. The summed E-state index contributed by atoms with van der Waals surface area (Å²) in [5.41, 5.74) is 3.15. The highest BCUT2D eigenvalue weighted by molar-refractivity contribution is 5.38. The number of nitriles is 1. The van der Waals surface area contributed by atoms with Gasteiger partial charge in [0, 0.05) is 12.6 Å². The standard InChI is InChI=1S/C16H22N2/c1-12(10-17)11-18-15-8-9-16(2,3)14-7-5-4-6-13(14)15/h4-7,12,15,18H,8-9,11H2,1-3H3. The van der Waals surface area contributed by atoms with E-state index in [9.17, 15) is 0 Å². The highest BCUT2D eigenvalue weighted by atomic mass is 14.9. The summed E-state index contributed by atoms with van der Waals surface area (Å²) in [7, 11) is 0. The van der Waals surface area contributed by atoms with Gasteiger partial charge >= 0.3 is 0 Å².